The van der Waals surface area contributed by atoms with E-state index in [1.54, 1.807) is 11.3 Å². The second-order valence-corrected chi connectivity index (χ2v) is 5.04. The van der Waals surface area contributed by atoms with Crippen LogP contribution in [-0.2, 0) is 24.2 Å². The van der Waals surface area contributed by atoms with Gasteiger partial charge in [0.05, 0.1) is 6.42 Å². The van der Waals surface area contributed by atoms with Crippen LogP contribution < -0.4 is 5.32 Å². The third-order valence-corrected chi connectivity index (χ3v) is 3.60. The molecule has 2 rings (SSSR count). The van der Waals surface area contributed by atoms with Crippen LogP contribution in [-0.4, -0.2) is 5.91 Å². The van der Waals surface area contributed by atoms with Crippen molar-refractivity contribution >= 4 is 17.2 Å². The van der Waals surface area contributed by atoms with Gasteiger partial charge in [0.2, 0.25) is 5.91 Å². The van der Waals surface area contributed by atoms with Gasteiger partial charge in [-0.15, -0.1) is 0 Å². The number of hydrogen-bond acceptors (Lipinski definition) is 2. The lowest BCUT2D eigenvalue weighted by Crippen LogP contribution is -2.24. The molecule has 0 saturated carbocycles. The van der Waals surface area contributed by atoms with Crippen molar-refractivity contribution in [3.05, 3.63) is 57.8 Å². The van der Waals surface area contributed by atoms with E-state index in [9.17, 15) is 4.79 Å². The molecule has 0 spiro atoms. The average molecular weight is 259 g/mol. The average Bonchev–Trinajstić information content (AvgIpc) is 2.90. The molecule has 0 saturated heterocycles. The van der Waals surface area contributed by atoms with Gasteiger partial charge in [0.1, 0.15) is 0 Å². The maximum absolute atomic E-state index is 11.8. The van der Waals surface area contributed by atoms with Crippen molar-refractivity contribution in [2.24, 2.45) is 0 Å². The second kappa shape index (κ2) is 6.36. The van der Waals surface area contributed by atoms with Gasteiger partial charge in [-0.1, -0.05) is 31.2 Å². The van der Waals surface area contributed by atoms with Gasteiger partial charge < -0.3 is 5.32 Å². The number of carbonyl (C=O) groups excluding carboxylic acids is 1. The minimum absolute atomic E-state index is 0.0745. The quantitative estimate of drug-likeness (QED) is 0.878. The molecule has 1 aromatic carbocycles. The number of amides is 1. The van der Waals surface area contributed by atoms with Gasteiger partial charge in [0.25, 0.3) is 0 Å². The summed E-state index contributed by atoms with van der Waals surface area (Å²) in [5, 5.41) is 7.00. The number of aryl methyl sites for hydroxylation is 1. The molecule has 0 aliphatic rings. The number of thiophene rings is 1. The van der Waals surface area contributed by atoms with Crippen LogP contribution in [0.3, 0.4) is 0 Å². The molecule has 1 amide bonds. The molecule has 2 nitrogen and oxygen atoms in total. The lowest BCUT2D eigenvalue weighted by atomic mass is 10.1. The van der Waals surface area contributed by atoms with E-state index < -0.39 is 0 Å². The Morgan fingerprint density at radius 1 is 1.11 bits per heavy atom. The minimum Gasteiger partial charge on any atom is -0.352 e. The summed E-state index contributed by atoms with van der Waals surface area (Å²) >= 11 is 1.65. The first-order valence-corrected chi connectivity index (χ1v) is 7.08. The Bertz CT molecular complexity index is 488. The summed E-state index contributed by atoms with van der Waals surface area (Å²) in [6.07, 6.45) is 1.48. The highest BCUT2D eigenvalue weighted by atomic mass is 32.1. The van der Waals surface area contributed by atoms with Gasteiger partial charge in [-0.3, -0.25) is 4.79 Å². The molecule has 1 aromatic heterocycles. The molecule has 3 heteroatoms. The molecule has 1 N–H and O–H groups in total. The molecule has 0 bridgehead atoms. The Hall–Kier alpha value is -1.61. The topological polar surface area (TPSA) is 29.1 Å². The van der Waals surface area contributed by atoms with E-state index in [0.29, 0.717) is 13.0 Å². The van der Waals surface area contributed by atoms with Crippen LogP contribution in [0.15, 0.2) is 41.1 Å². The highest BCUT2D eigenvalue weighted by Crippen LogP contribution is 2.07. The summed E-state index contributed by atoms with van der Waals surface area (Å²) in [6, 6.07) is 10.3. The zero-order chi connectivity index (χ0) is 12.8. The summed E-state index contributed by atoms with van der Waals surface area (Å²) in [6.45, 7) is 2.75. The molecule has 0 fully saturated rings. The van der Waals surface area contributed by atoms with E-state index in [4.69, 9.17) is 0 Å². The van der Waals surface area contributed by atoms with E-state index in [1.165, 1.54) is 5.56 Å². The van der Waals surface area contributed by atoms with E-state index in [0.717, 1.165) is 17.5 Å². The molecular weight excluding hydrogens is 242 g/mol. The number of benzene rings is 1. The smallest absolute Gasteiger partial charge is 0.224 e. The number of rotatable bonds is 5. The van der Waals surface area contributed by atoms with Crippen LogP contribution in [0.25, 0.3) is 0 Å². The van der Waals surface area contributed by atoms with Crippen molar-refractivity contribution in [1.82, 2.24) is 5.32 Å². The first kappa shape index (κ1) is 12.8. The third-order valence-electron chi connectivity index (χ3n) is 2.87. The molecule has 1 heterocycles. The zero-order valence-electron chi connectivity index (χ0n) is 10.5. The summed E-state index contributed by atoms with van der Waals surface area (Å²) in [5.41, 5.74) is 3.53. The van der Waals surface area contributed by atoms with E-state index in [1.807, 2.05) is 23.6 Å². The van der Waals surface area contributed by atoms with Crippen molar-refractivity contribution in [2.75, 3.05) is 0 Å². The van der Waals surface area contributed by atoms with Crippen molar-refractivity contribution in [3.63, 3.8) is 0 Å². The van der Waals surface area contributed by atoms with Crippen LogP contribution in [0.4, 0.5) is 0 Å². The van der Waals surface area contributed by atoms with Gasteiger partial charge in [-0.2, -0.15) is 11.3 Å². The van der Waals surface area contributed by atoms with Gasteiger partial charge in [0, 0.05) is 6.54 Å². The van der Waals surface area contributed by atoms with Crippen LogP contribution >= 0.6 is 11.3 Å². The standard InChI is InChI=1S/C15H17NOS/c1-2-12-3-5-13(6-4-12)9-15(17)16-10-14-7-8-18-11-14/h3-8,11H,2,9-10H2,1H3,(H,16,17). The summed E-state index contributed by atoms with van der Waals surface area (Å²) in [5.74, 6) is 0.0745. The monoisotopic (exact) mass is 259 g/mol. The molecule has 94 valence electrons. The van der Waals surface area contributed by atoms with Crippen molar-refractivity contribution in [2.45, 2.75) is 26.3 Å². The normalized spacial score (nSPS) is 10.3. The van der Waals surface area contributed by atoms with Gasteiger partial charge in [-0.25, -0.2) is 0 Å². The minimum atomic E-state index is 0.0745. The Kier molecular flexibility index (Phi) is 4.53. The molecule has 0 atom stereocenters. The Morgan fingerprint density at radius 3 is 2.44 bits per heavy atom. The van der Waals surface area contributed by atoms with Crippen LogP contribution in [0.1, 0.15) is 23.6 Å². The lowest BCUT2D eigenvalue weighted by molar-refractivity contribution is -0.120. The van der Waals surface area contributed by atoms with E-state index in [2.05, 4.69) is 29.8 Å². The molecule has 2 aromatic rings. The SMILES string of the molecule is CCc1ccc(CC(=O)NCc2ccsc2)cc1. The molecular formula is C15H17NOS. The highest BCUT2D eigenvalue weighted by molar-refractivity contribution is 7.07. The molecule has 0 aliphatic carbocycles. The van der Waals surface area contributed by atoms with E-state index in [-0.39, 0.29) is 5.91 Å². The second-order valence-electron chi connectivity index (χ2n) is 4.26. The first-order valence-electron chi connectivity index (χ1n) is 6.13. The summed E-state index contributed by atoms with van der Waals surface area (Å²) in [4.78, 5) is 11.8. The fourth-order valence-corrected chi connectivity index (χ4v) is 2.40. The molecule has 18 heavy (non-hydrogen) atoms. The van der Waals surface area contributed by atoms with Crippen molar-refractivity contribution < 1.29 is 4.79 Å². The maximum Gasteiger partial charge on any atom is 0.224 e. The van der Waals surface area contributed by atoms with Gasteiger partial charge in [0.15, 0.2) is 0 Å². The highest BCUT2D eigenvalue weighted by Gasteiger charge is 2.03. The molecule has 0 radical (unpaired) electrons. The molecule has 0 aliphatic heterocycles. The maximum atomic E-state index is 11.8. The summed E-state index contributed by atoms with van der Waals surface area (Å²) in [7, 11) is 0. The summed E-state index contributed by atoms with van der Waals surface area (Å²) < 4.78 is 0. The fourth-order valence-electron chi connectivity index (χ4n) is 1.73. The Balaban J connectivity index is 1.83. The van der Waals surface area contributed by atoms with Crippen LogP contribution in [0.2, 0.25) is 0 Å². The van der Waals surface area contributed by atoms with Crippen molar-refractivity contribution in [1.29, 1.82) is 0 Å². The Labute approximate surface area is 112 Å². The first-order chi connectivity index (χ1) is 8.78. The lowest BCUT2D eigenvalue weighted by Gasteiger charge is -2.05. The van der Waals surface area contributed by atoms with Gasteiger partial charge in [-0.05, 0) is 39.9 Å². The Morgan fingerprint density at radius 2 is 1.83 bits per heavy atom. The third kappa shape index (κ3) is 3.70. The fraction of sp³-hybridized carbons (Fsp3) is 0.267. The largest absolute Gasteiger partial charge is 0.352 e. The number of nitrogens with one attached hydrogen (secondary N) is 1. The van der Waals surface area contributed by atoms with Crippen LogP contribution in [0.5, 0.6) is 0 Å². The number of carbonyl (C=O) groups is 1. The number of hydrogen-bond donors (Lipinski definition) is 1. The molecule has 0 unspecified atom stereocenters. The van der Waals surface area contributed by atoms with E-state index >= 15 is 0 Å². The predicted octanol–water partition coefficient (Wildman–Crippen LogP) is 3.17. The van der Waals surface area contributed by atoms with Crippen molar-refractivity contribution in [3.8, 4) is 0 Å². The zero-order valence-corrected chi connectivity index (χ0v) is 11.3. The van der Waals surface area contributed by atoms with Crippen LogP contribution in [0, 0.1) is 0 Å². The van der Waals surface area contributed by atoms with Gasteiger partial charge >= 0.3 is 0 Å². The predicted molar refractivity (Wildman–Crippen MR) is 75.7 cm³/mol.